The molecule has 0 saturated heterocycles. The summed E-state index contributed by atoms with van der Waals surface area (Å²) in [6.07, 6.45) is 3.59. The molecular weight excluding hydrogens is 214 g/mol. The zero-order valence-electron chi connectivity index (χ0n) is 8.37. The highest BCUT2D eigenvalue weighted by atomic mass is 35.5. The van der Waals surface area contributed by atoms with E-state index in [9.17, 15) is 0 Å². The second-order valence-corrected chi connectivity index (χ2v) is 5.86. The van der Waals surface area contributed by atoms with Crippen LogP contribution < -0.4 is 5.73 Å². The minimum Gasteiger partial charge on any atom is -0.327 e. The first-order valence-electron chi connectivity index (χ1n) is 5.17. The molecule has 1 heterocycles. The van der Waals surface area contributed by atoms with Crippen molar-refractivity contribution < 1.29 is 0 Å². The minimum absolute atomic E-state index is 0.304. The van der Waals surface area contributed by atoms with Crippen molar-refractivity contribution in [1.82, 2.24) is 0 Å². The van der Waals surface area contributed by atoms with Gasteiger partial charge in [-0.1, -0.05) is 18.5 Å². The molecular formula is C11H16ClNS. The van der Waals surface area contributed by atoms with E-state index in [-0.39, 0.29) is 0 Å². The summed E-state index contributed by atoms with van der Waals surface area (Å²) in [6.45, 7) is 2.30. The van der Waals surface area contributed by atoms with Gasteiger partial charge in [0.2, 0.25) is 0 Å². The van der Waals surface area contributed by atoms with Crippen molar-refractivity contribution in [2.24, 2.45) is 11.7 Å². The molecule has 1 aromatic heterocycles. The number of rotatable bonds is 1. The van der Waals surface area contributed by atoms with Crippen molar-refractivity contribution in [2.45, 2.75) is 38.1 Å². The van der Waals surface area contributed by atoms with Crippen LogP contribution in [-0.2, 0) is 0 Å². The number of halogens is 1. The molecule has 1 fully saturated rings. The van der Waals surface area contributed by atoms with Crippen LogP contribution in [0.3, 0.4) is 0 Å². The molecule has 78 valence electrons. The van der Waals surface area contributed by atoms with Gasteiger partial charge in [-0.3, -0.25) is 0 Å². The van der Waals surface area contributed by atoms with E-state index in [0.717, 1.165) is 16.7 Å². The summed E-state index contributed by atoms with van der Waals surface area (Å²) in [5.74, 6) is 1.27. The Morgan fingerprint density at radius 1 is 1.50 bits per heavy atom. The Bertz CT molecular complexity index is 310. The van der Waals surface area contributed by atoms with Crippen LogP contribution in [-0.4, -0.2) is 6.04 Å². The van der Waals surface area contributed by atoms with Gasteiger partial charge in [-0.2, -0.15) is 0 Å². The molecule has 0 amide bonds. The van der Waals surface area contributed by atoms with Gasteiger partial charge in [0.15, 0.2) is 0 Å². The Kier molecular flexibility index (Phi) is 3.15. The standard InChI is InChI=1S/C11H16ClNS/c1-7-2-3-10(13)9(6-7)8-4-5-14-11(8)12/h4-5,7,9-10H,2-3,6,13H2,1H3. The van der Waals surface area contributed by atoms with E-state index >= 15 is 0 Å². The second-order valence-electron chi connectivity index (χ2n) is 4.34. The topological polar surface area (TPSA) is 26.0 Å². The molecule has 0 spiro atoms. The van der Waals surface area contributed by atoms with Crippen molar-refractivity contribution in [3.05, 3.63) is 21.3 Å². The first-order valence-corrected chi connectivity index (χ1v) is 6.42. The summed E-state index contributed by atoms with van der Waals surface area (Å²) >= 11 is 7.76. The molecule has 0 bridgehead atoms. The van der Waals surface area contributed by atoms with Gasteiger partial charge in [-0.25, -0.2) is 0 Å². The van der Waals surface area contributed by atoms with Crippen molar-refractivity contribution >= 4 is 22.9 Å². The van der Waals surface area contributed by atoms with Gasteiger partial charge in [-0.15, -0.1) is 11.3 Å². The Morgan fingerprint density at radius 3 is 2.93 bits per heavy atom. The molecule has 1 aliphatic carbocycles. The Balaban J connectivity index is 2.20. The largest absolute Gasteiger partial charge is 0.327 e. The fraction of sp³-hybridized carbons (Fsp3) is 0.636. The van der Waals surface area contributed by atoms with E-state index in [1.807, 2.05) is 0 Å². The van der Waals surface area contributed by atoms with Crippen molar-refractivity contribution in [1.29, 1.82) is 0 Å². The molecule has 14 heavy (non-hydrogen) atoms. The molecule has 1 aliphatic rings. The maximum atomic E-state index is 6.15. The van der Waals surface area contributed by atoms with Crippen LogP contribution >= 0.6 is 22.9 Å². The molecule has 0 radical (unpaired) electrons. The third-order valence-electron chi connectivity index (χ3n) is 3.21. The van der Waals surface area contributed by atoms with Crippen molar-refractivity contribution in [3.8, 4) is 0 Å². The van der Waals surface area contributed by atoms with Gasteiger partial charge in [0.25, 0.3) is 0 Å². The maximum Gasteiger partial charge on any atom is 0.0963 e. The lowest BCUT2D eigenvalue weighted by molar-refractivity contribution is 0.307. The molecule has 3 heteroatoms. The fourth-order valence-electron chi connectivity index (χ4n) is 2.33. The van der Waals surface area contributed by atoms with Gasteiger partial charge in [0.1, 0.15) is 0 Å². The zero-order chi connectivity index (χ0) is 10.1. The average Bonchev–Trinajstić information content (AvgIpc) is 2.56. The first kappa shape index (κ1) is 10.5. The lowest BCUT2D eigenvalue weighted by Gasteiger charge is -2.32. The van der Waals surface area contributed by atoms with E-state index in [2.05, 4.69) is 18.4 Å². The van der Waals surface area contributed by atoms with Crippen LogP contribution in [0.1, 0.15) is 37.7 Å². The van der Waals surface area contributed by atoms with Crippen LogP contribution in [0, 0.1) is 5.92 Å². The third-order valence-corrected chi connectivity index (χ3v) is 4.41. The Morgan fingerprint density at radius 2 is 2.29 bits per heavy atom. The van der Waals surface area contributed by atoms with Gasteiger partial charge >= 0.3 is 0 Å². The molecule has 1 nitrogen and oxygen atoms in total. The number of thiophene rings is 1. The van der Waals surface area contributed by atoms with Crippen LogP contribution in [0.4, 0.5) is 0 Å². The third kappa shape index (κ3) is 1.97. The van der Waals surface area contributed by atoms with Crippen molar-refractivity contribution in [3.63, 3.8) is 0 Å². The number of hydrogen-bond acceptors (Lipinski definition) is 2. The highest BCUT2D eigenvalue weighted by Crippen LogP contribution is 2.39. The Labute approximate surface area is 94.3 Å². The van der Waals surface area contributed by atoms with E-state index in [0.29, 0.717) is 12.0 Å². The quantitative estimate of drug-likeness (QED) is 0.782. The highest BCUT2D eigenvalue weighted by Gasteiger charge is 2.28. The van der Waals surface area contributed by atoms with Gasteiger partial charge in [0.05, 0.1) is 4.34 Å². The average molecular weight is 230 g/mol. The molecule has 1 saturated carbocycles. The van der Waals surface area contributed by atoms with E-state index in [1.54, 1.807) is 11.3 Å². The minimum atomic E-state index is 0.304. The molecule has 1 aromatic rings. The van der Waals surface area contributed by atoms with E-state index < -0.39 is 0 Å². The fourth-order valence-corrected chi connectivity index (χ4v) is 3.38. The molecule has 0 aromatic carbocycles. The summed E-state index contributed by atoms with van der Waals surface area (Å²) in [7, 11) is 0. The molecule has 3 atom stereocenters. The molecule has 0 aliphatic heterocycles. The maximum absolute atomic E-state index is 6.15. The normalized spacial score (nSPS) is 33.2. The zero-order valence-corrected chi connectivity index (χ0v) is 9.94. The second kappa shape index (κ2) is 4.21. The van der Waals surface area contributed by atoms with Crippen LogP contribution in [0.15, 0.2) is 11.4 Å². The van der Waals surface area contributed by atoms with Crippen LogP contribution in [0.25, 0.3) is 0 Å². The number of nitrogens with two attached hydrogens (primary N) is 1. The monoisotopic (exact) mass is 229 g/mol. The summed E-state index contributed by atoms with van der Waals surface area (Å²) in [6, 6.07) is 2.44. The predicted molar refractivity (Wildman–Crippen MR) is 63.1 cm³/mol. The number of hydrogen-bond donors (Lipinski definition) is 1. The van der Waals surface area contributed by atoms with Gasteiger partial charge in [-0.05, 0) is 42.2 Å². The highest BCUT2D eigenvalue weighted by molar-refractivity contribution is 7.14. The predicted octanol–water partition coefficient (Wildman–Crippen LogP) is 3.63. The Hall–Kier alpha value is -0.0500. The summed E-state index contributed by atoms with van der Waals surface area (Å²) < 4.78 is 0.930. The summed E-state index contributed by atoms with van der Waals surface area (Å²) in [5.41, 5.74) is 7.42. The lowest BCUT2D eigenvalue weighted by atomic mass is 9.76. The van der Waals surface area contributed by atoms with Crippen molar-refractivity contribution in [2.75, 3.05) is 0 Å². The summed E-state index contributed by atoms with van der Waals surface area (Å²) in [4.78, 5) is 0. The first-order chi connectivity index (χ1) is 6.68. The van der Waals surface area contributed by atoms with Crippen LogP contribution in [0.5, 0.6) is 0 Å². The summed E-state index contributed by atoms with van der Waals surface area (Å²) in [5, 5.41) is 2.06. The van der Waals surface area contributed by atoms with E-state index in [1.165, 1.54) is 18.4 Å². The van der Waals surface area contributed by atoms with Crippen LogP contribution in [0.2, 0.25) is 4.34 Å². The smallest absolute Gasteiger partial charge is 0.0963 e. The van der Waals surface area contributed by atoms with Gasteiger partial charge in [0, 0.05) is 12.0 Å². The molecule has 2 rings (SSSR count). The van der Waals surface area contributed by atoms with Gasteiger partial charge < -0.3 is 5.73 Å². The molecule has 3 unspecified atom stereocenters. The van der Waals surface area contributed by atoms with E-state index in [4.69, 9.17) is 17.3 Å². The molecule has 2 N–H and O–H groups in total. The SMILES string of the molecule is CC1CCC(N)C(c2ccsc2Cl)C1. The lowest BCUT2D eigenvalue weighted by Crippen LogP contribution is -2.33.